The number of carbonyl (C=O) groups is 1. The number of esters is 1. The molecule has 6 nitrogen and oxygen atoms in total. The van der Waals surface area contributed by atoms with Crippen LogP contribution in [-0.4, -0.2) is 37.4 Å². The maximum Gasteiger partial charge on any atom is 0.337 e. The van der Waals surface area contributed by atoms with Gasteiger partial charge in [-0.05, 0) is 30.3 Å². The minimum atomic E-state index is -0.670. The summed E-state index contributed by atoms with van der Waals surface area (Å²) in [4.78, 5) is 11.4. The SMILES string of the molecule is COC(=O)c1cccc(OC[C@H](O)CNCc2ccco2)c1. The van der Waals surface area contributed by atoms with Crippen molar-refractivity contribution in [1.29, 1.82) is 0 Å². The molecule has 0 unspecified atom stereocenters. The standard InChI is InChI=1S/C16H19NO5/c1-20-16(19)12-4-2-5-14(8-12)22-11-13(18)9-17-10-15-6-3-7-21-15/h2-8,13,17-18H,9-11H2,1H3/t13-/m1/s1. The van der Waals surface area contributed by atoms with Gasteiger partial charge in [-0.1, -0.05) is 6.07 Å². The van der Waals surface area contributed by atoms with Crippen LogP contribution < -0.4 is 10.1 Å². The first-order valence-electron chi connectivity index (χ1n) is 6.91. The molecule has 0 saturated carbocycles. The van der Waals surface area contributed by atoms with Crippen molar-refractivity contribution in [3.8, 4) is 5.75 Å². The fourth-order valence-corrected chi connectivity index (χ4v) is 1.86. The summed E-state index contributed by atoms with van der Waals surface area (Å²) in [5.74, 6) is 0.887. The molecule has 0 fully saturated rings. The zero-order chi connectivity index (χ0) is 15.8. The monoisotopic (exact) mass is 305 g/mol. The number of hydrogen-bond acceptors (Lipinski definition) is 6. The molecule has 1 aromatic heterocycles. The Labute approximate surface area is 128 Å². The first-order chi connectivity index (χ1) is 10.7. The minimum absolute atomic E-state index is 0.121. The van der Waals surface area contributed by atoms with E-state index in [2.05, 4.69) is 10.1 Å². The number of aliphatic hydroxyl groups excluding tert-OH is 1. The highest BCUT2D eigenvalue weighted by atomic mass is 16.5. The molecule has 118 valence electrons. The normalized spacial score (nSPS) is 11.9. The third-order valence-corrected chi connectivity index (χ3v) is 2.96. The Bertz CT molecular complexity index is 582. The second-order valence-electron chi connectivity index (χ2n) is 4.69. The predicted octanol–water partition coefficient (Wildman–Crippen LogP) is 1.60. The molecule has 0 amide bonds. The van der Waals surface area contributed by atoms with E-state index in [1.165, 1.54) is 7.11 Å². The lowest BCUT2D eigenvalue weighted by molar-refractivity contribution is 0.0600. The lowest BCUT2D eigenvalue weighted by atomic mass is 10.2. The van der Waals surface area contributed by atoms with Crippen molar-refractivity contribution in [2.45, 2.75) is 12.6 Å². The average Bonchev–Trinajstić information content (AvgIpc) is 3.06. The molecule has 0 spiro atoms. The van der Waals surface area contributed by atoms with Crippen molar-refractivity contribution < 1.29 is 23.8 Å². The van der Waals surface area contributed by atoms with Crippen molar-refractivity contribution in [2.24, 2.45) is 0 Å². The van der Waals surface area contributed by atoms with Crippen LogP contribution in [0.4, 0.5) is 0 Å². The van der Waals surface area contributed by atoms with Crippen LogP contribution in [-0.2, 0) is 11.3 Å². The molecule has 0 aliphatic heterocycles. The summed E-state index contributed by atoms with van der Waals surface area (Å²) < 4.78 is 15.3. The highest BCUT2D eigenvalue weighted by Gasteiger charge is 2.08. The van der Waals surface area contributed by atoms with Gasteiger partial charge in [0.15, 0.2) is 0 Å². The molecule has 0 radical (unpaired) electrons. The van der Waals surface area contributed by atoms with E-state index >= 15 is 0 Å². The van der Waals surface area contributed by atoms with Gasteiger partial charge >= 0.3 is 5.97 Å². The van der Waals surface area contributed by atoms with Crippen molar-refractivity contribution in [3.63, 3.8) is 0 Å². The zero-order valence-corrected chi connectivity index (χ0v) is 12.3. The second kappa shape index (κ2) is 8.21. The number of benzene rings is 1. The maximum absolute atomic E-state index is 11.4. The van der Waals surface area contributed by atoms with Crippen molar-refractivity contribution in [1.82, 2.24) is 5.32 Å². The highest BCUT2D eigenvalue weighted by molar-refractivity contribution is 5.89. The highest BCUT2D eigenvalue weighted by Crippen LogP contribution is 2.14. The van der Waals surface area contributed by atoms with Crippen molar-refractivity contribution in [2.75, 3.05) is 20.3 Å². The molecule has 6 heteroatoms. The number of rotatable bonds is 8. The molecule has 1 atom stereocenters. The molecule has 0 aliphatic rings. The van der Waals surface area contributed by atoms with Gasteiger partial charge in [-0.3, -0.25) is 0 Å². The maximum atomic E-state index is 11.4. The molecule has 0 bridgehead atoms. The lowest BCUT2D eigenvalue weighted by Crippen LogP contribution is -2.31. The van der Waals surface area contributed by atoms with E-state index in [0.29, 0.717) is 24.4 Å². The number of aliphatic hydroxyl groups is 1. The van der Waals surface area contributed by atoms with Gasteiger partial charge in [0.05, 0.1) is 25.5 Å². The Balaban J connectivity index is 1.73. The molecule has 1 aromatic carbocycles. The molecular formula is C16H19NO5. The third kappa shape index (κ3) is 4.91. The van der Waals surface area contributed by atoms with Crippen LogP contribution in [0.15, 0.2) is 47.1 Å². The van der Waals surface area contributed by atoms with E-state index in [4.69, 9.17) is 9.15 Å². The molecule has 0 saturated heterocycles. The van der Waals surface area contributed by atoms with Gasteiger partial charge in [0.2, 0.25) is 0 Å². The first-order valence-corrected chi connectivity index (χ1v) is 6.91. The van der Waals surface area contributed by atoms with Gasteiger partial charge in [0.1, 0.15) is 24.2 Å². The number of ether oxygens (including phenoxy) is 2. The fraction of sp³-hybridized carbons (Fsp3) is 0.312. The third-order valence-electron chi connectivity index (χ3n) is 2.96. The average molecular weight is 305 g/mol. The Morgan fingerprint density at radius 1 is 1.36 bits per heavy atom. The van der Waals surface area contributed by atoms with E-state index in [0.717, 1.165) is 5.76 Å². The minimum Gasteiger partial charge on any atom is -0.491 e. The van der Waals surface area contributed by atoms with Crippen LogP contribution in [0, 0.1) is 0 Å². The van der Waals surface area contributed by atoms with Crippen LogP contribution in [0.25, 0.3) is 0 Å². The van der Waals surface area contributed by atoms with Gasteiger partial charge in [-0.25, -0.2) is 4.79 Å². The first kappa shape index (κ1) is 16.1. The quantitative estimate of drug-likeness (QED) is 0.721. The summed E-state index contributed by atoms with van der Waals surface area (Å²) in [6, 6.07) is 10.3. The second-order valence-corrected chi connectivity index (χ2v) is 4.69. The van der Waals surface area contributed by atoms with E-state index in [1.807, 2.05) is 12.1 Å². The molecule has 2 aromatic rings. The molecule has 2 N–H and O–H groups in total. The zero-order valence-electron chi connectivity index (χ0n) is 12.3. The largest absolute Gasteiger partial charge is 0.491 e. The van der Waals surface area contributed by atoms with E-state index in [1.54, 1.807) is 30.5 Å². The summed E-state index contributed by atoms with van der Waals surface area (Å²) in [6.45, 7) is 1.04. The van der Waals surface area contributed by atoms with Gasteiger partial charge in [-0.15, -0.1) is 0 Å². The van der Waals surface area contributed by atoms with Gasteiger partial charge in [0, 0.05) is 6.54 Å². The van der Waals surface area contributed by atoms with E-state index < -0.39 is 12.1 Å². The van der Waals surface area contributed by atoms with Crippen LogP contribution in [0.2, 0.25) is 0 Å². The topological polar surface area (TPSA) is 80.9 Å². The summed E-state index contributed by atoms with van der Waals surface area (Å²) >= 11 is 0. The number of furan rings is 1. The van der Waals surface area contributed by atoms with Crippen LogP contribution in [0.1, 0.15) is 16.1 Å². The van der Waals surface area contributed by atoms with Gasteiger partial charge in [0.25, 0.3) is 0 Å². The summed E-state index contributed by atoms with van der Waals surface area (Å²) in [6.07, 6.45) is 0.932. The van der Waals surface area contributed by atoms with Gasteiger partial charge in [-0.2, -0.15) is 0 Å². The van der Waals surface area contributed by atoms with Gasteiger partial charge < -0.3 is 24.3 Å². The molecule has 0 aliphatic carbocycles. The number of nitrogens with one attached hydrogen (secondary N) is 1. The fourth-order valence-electron chi connectivity index (χ4n) is 1.86. The smallest absolute Gasteiger partial charge is 0.337 e. The summed E-state index contributed by atoms with van der Waals surface area (Å²) in [5, 5.41) is 12.9. The number of carbonyl (C=O) groups excluding carboxylic acids is 1. The number of hydrogen-bond donors (Lipinski definition) is 2. The summed E-state index contributed by atoms with van der Waals surface area (Å²) in [5.41, 5.74) is 0.408. The van der Waals surface area contributed by atoms with Crippen molar-refractivity contribution >= 4 is 5.97 Å². The van der Waals surface area contributed by atoms with Crippen LogP contribution >= 0.6 is 0 Å². The molecule has 22 heavy (non-hydrogen) atoms. The molecular weight excluding hydrogens is 286 g/mol. The summed E-state index contributed by atoms with van der Waals surface area (Å²) in [7, 11) is 1.32. The van der Waals surface area contributed by atoms with Crippen LogP contribution in [0.5, 0.6) is 5.75 Å². The lowest BCUT2D eigenvalue weighted by Gasteiger charge is -2.13. The van der Waals surface area contributed by atoms with Crippen LogP contribution in [0.3, 0.4) is 0 Å². The Hall–Kier alpha value is -2.31. The van der Waals surface area contributed by atoms with Crippen molar-refractivity contribution in [3.05, 3.63) is 54.0 Å². The molecule has 1 heterocycles. The van der Waals surface area contributed by atoms with E-state index in [-0.39, 0.29) is 6.61 Å². The Morgan fingerprint density at radius 3 is 2.95 bits per heavy atom. The number of methoxy groups -OCH3 is 1. The van der Waals surface area contributed by atoms with E-state index in [9.17, 15) is 9.90 Å². The Kier molecular flexibility index (Phi) is 6.00. The Morgan fingerprint density at radius 2 is 2.23 bits per heavy atom. The predicted molar refractivity (Wildman–Crippen MR) is 79.7 cm³/mol. The molecule has 2 rings (SSSR count).